The Labute approximate surface area is 141 Å². The second kappa shape index (κ2) is 6.49. The SMILES string of the molecule is Cc1cc(N2CCN(C(=O)OC(C)(C)C)C[C@H]2C)ccc1Br. The zero-order valence-corrected chi connectivity index (χ0v) is 15.6. The van der Waals surface area contributed by atoms with Gasteiger partial charge in [0, 0.05) is 35.8 Å². The van der Waals surface area contributed by atoms with Crippen LogP contribution in [0.5, 0.6) is 0 Å². The van der Waals surface area contributed by atoms with Crippen LogP contribution in [0.3, 0.4) is 0 Å². The van der Waals surface area contributed by atoms with Crippen molar-refractivity contribution in [1.82, 2.24) is 4.90 Å². The quantitative estimate of drug-likeness (QED) is 0.744. The van der Waals surface area contributed by atoms with Gasteiger partial charge in [-0.1, -0.05) is 15.9 Å². The molecule has 0 spiro atoms. The number of hydrogen-bond donors (Lipinski definition) is 0. The Morgan fingerprint density at radius 3 is 2.55 bits per heavy atom. The Morgan fingerprint density at radius 1 is 1.32 bits per heavy atom. The molecule has 1 atom stereocenters. The lowest BCUT2D eigenvalue weighted by Gasteiger charge is -2.41. The third-order valence-electron chi connectivity index (χ3n) is 3.75. The molecule has 1 aromatic rings. The van der Waals surface area contributed by atoms with Gasteiger partial charge >= 0.3 is 6.09 Å². The molecule has 1 aliphatic heterocycles. The summed E-state index contributed by atoms with van der Waals surface area (Å²) in [4.78, 5) is 16.3. The summed E-state index contributed by atoms with van der Waals surface area (Å²) < 4.78 is 6.59. The van der Waals surface area contributed by atoms with E-state index >= 15 is 0 Å². The number of amides is 1. The van der Waals surface area contributed by atoms with Crippen molar-refractivity contribution in [3.8, 4) is 0 Å². The predicted octanol–water partition coefficient (Wildman–Crippen LogP) is 4.20. The van der Waals surface area contributed by atoms with Crippen molar-refractivity contribution in [2.45, 2.75) is 46.3 Å². The minimum atomic E-state index is -0.444. The van der Waals surface area contributed by atoms with Crippen LogP contribution in [0.2, 0.25) is 0 Å². The van der Waals surface area contributed by atoms with Gasteiger partial charge in [-0.3, -0.25) is 0 Å². The number of piperazine rings is 1. The number of nitrogens with zero attached hydrogens (tertiary/aromatic N) is 2. The van der Waals surface area contributed by atoms with Gasteiger partial charge in [-0.25, -0.2) is 4.79 Å². The monoisotopic (exact) mass is 368 g/mol. The number of anilines is 1. The van der Waals surface area contributed by atoms with E-state index in [1.54, 1.807) is 4.90 Å². The molecular formula is C17H25BrN2O2. The Balaban J connectivity index is 2.03. The number of hydrogen-bond acceptors (Lipinski definition) is 3. The van der Waals surface area contributed by atoms with Gasteiger partial charge in [0.05, 0.1) is 0 Å². The minimum Gasteiger partial charge on any atom is -0.444 e. The maximum absolute atomic E-state index is 12.2. The average molecular weight is 369 g/mol. The smallest absolute Gasteiger partial charge is 0.410 e. The van der Waals surface area contributed by atoms with Crippen LogP contribution >= 0.6 is 15.9 Å². The van der Waals surface area contributed by atoms with Gasteiger partial charge in [0.15, 0.2) is 0 Å². The maximum atomic E-state index is 12.2. The van der Waals surface area contributed by atoms with Gasteiger partial charge in [-0.15, -0.1) is 0 Å². The Bertz CT molecular complexity index is 554. The zero-order chi connectivity index (χ0) is 16.5. The van der Waals surface area contributed by atoms with E-state index in [0.717, 1.165) is 11.0 Å². The Morgan fingerprint density at radius 2 is 2.00 bits per heavy atom. The van der Waals surface area contributed by atoms with E-state index in [9.17, 15) is 4.79 Å². The maximum Gasteiger partial charge on any atom is 0.410 e. The van der Waals surface area contributed by atoms with Crippen LogP contribution in [0.25, 0.3) is 0 Å². The summed E-state index contributed by atoms with van der Waals surface area (Å²) in [5.41, 5.74) is 1.98. The number of carbonyl (C=O) groups is 1. The third-order valence-corrected chi connectivity index (χ3v) is 4.64. The minimum absolute atomic E-state index is 0.217. The summed E-state index contributed by atoms with van der Waals surface area (Å²) in [6.45, 7) is 12.1. The molecule has 0 aromatic heterocycles. The van der Waals surface area contributed by atoms with Gasteiger partial charge in [-0.05, 0) is 58.4 Å². The van der Waals surface area contributed by atoms with Crippen molar-refractivity contribution in [2.75, 3.05) is 24.5 Å². The van der Waals surface area contributed by atoms with Crippen LogP contribution < -0.4 is 4.90 Å². The summed E-state index contributed by atoms with van der Waals surface area (Å²) in [5.74, 6) is 0. The highest BCUT2D eigenvalue weighted by Gasteiger charge is 2.29. The van der Waals surface area contributed by atoms with E-state index in [0.29, 0.717) is 13.1 Å². The highest BCUT2D eigenvalue weighted by atomic mass is 79.9. The summed E-state index contributed by atoms with van der Waals surface area (Å²) in [6, 6.07) is 6.65. The molecule has 2 rings (SSSR count). The molecule has 0 bridgehead atoms. The molecule has 5 heteroatoms. The molecule has 0 aliphatic carbocycles. The van der Waals surface area contributed by atoms with E-state index in [4.69, 9.17) is 4.74 Å². The van der Waals surface area contributed by atoms with Gasteiger partial charge in [0.2, 0.25) is 0 Å². The second-order valence-corrected chi connectivity index (χ2v) is 7.76. The molecule has 1 aliphatic rings. The second-order valence-electron chi connectivity index (χ2n) is 6.90. The highest BCUT2D eigenvalue weighted by molar-refractivity contribution is 9.10. The summed E-state index contributed by atoms with van der Waals surface area (Å²) in [5, 5.41) is 0. The van der Waals surface area contributed by atoms with Crippen molar-refractivity contribution in [2.24, 2.45) is 0 Å². The number of aryl methyl sites for hydroxylation is 1. The largest absolute Gasteiger partial charge is 0.444 e. The molecule has 1 saturated heterocycles. The van der Waals surface area contributed by atoms with Crippen LogP contribution in [0, 0.1) is 6.92 Å². The van der Waals surface area contributed by atoms with Crippen molar-refractivity contribution in [3.63, 3.8) is 0 Å². The van der Waals surface area contributed by atoms with Crippen LogP contribution in [0.15, 0.2) is 22.7 Å². The zero-order valence-electron chi connectivity index (χ0n) is 14.0. The molecule has 0 radical (unpaired) electrons. The van der Waals surface area contributed by atoms with Gasteiger partial charge in [-0.2, -0.15) is 0 Å². The average Bonchev–Trinajstić information content (AvgIpc) is 2.40. The number of benzene rings is 1. The molecule has 22 heavy (non-hydrogen) atoms. The fraction of sp³-hybridized carbons (Fsp3) is 0.588. The number of ether oxygens (including phenoxy) is 1. The molecule has 0 saturated carbocycles. The van der Waals surface area contributed by atoms with Crippen LogP contribution in [-0.4, -0.2) is 42.3 Å². The number of carbonyl (C=O) groups excluding carboxylic acids is 1. The predicted molar refractivity (Wildman–Crippen MR) is 93.5 cm³/mol. The third kappa shape index (κ3) is 4.15. The molecule has 1 aromatic carbocycles. The topological polar surface area (TPSA) is 32.8 Å². The number of rotatable bonds is 1. The van der Waals surface area contributed by atoms with Crippen molar-refractivity contribution in [1.29, 1.82) is 0 Å². The lowest BCUT2D eigenvalue weighted by molar-refractivity contribution is 0.0219. The highest BCUT2D eigenvalue weighted by Crippen LogP contribution is 2.26. The first-order valence-electron chi connectivity index (χ1n) is 7.68. The molecule has 1 heterocycles. The molecule has 1 amide bonds. The fourth-order valence-corrected chi connectivity index (χ4v) is 2.89. The first kappa shape index (κ1) is 17.1. The van der Waals surface area contributed by atoms with Crippen LogP contribution in [0.1, 0.15) is 33.3 Å². The normalized spacial score (nSPS) is 19.3. The van der Waals surface area contributed by atoms with Crippen molar-refractivity contribution in [3.05, 3.63) is 28.2 Å². The summed E-state index contributed by atoms with van der Waals surface area (Å²) >= 11 is 3.54. The first-order valence-corrected chi connectivity index (χ1v) is 8.47. The first-order chi connectivity index (χ1) is 10.2. The molecule has 1 fully saturated rings. The lowest BCUT2D eigenvalue weighted by atomic mass is 10.1. The van der Waals surface area contributed by atoms with Gasteiger partial charge in [0.25, 0.3) is 0 Å². The Kier molecular flexibility index (Phi) is 5.05. The standard InChI is InChI=1S/C17H25BrN2O2/c1-12-10-14(6-7-15(12)18)20-9-8-19(11-13(20)2)16(21)22-17(3,4)5/h6-7,10,13H,8-9,11H2,1-5H3/t13-/m1/s1. The van der Waals surface area contributed by atoms with E-state index < -0.39 is 5.60 Å². The lowest BCUT2D eigenvalue weighted by Crippen LogP contribution is -2.54. The van der Waals surface area contributed by atoms with Crippen LogP contribution in [-0.2, 0) is 4.74 Å². The fourth-order valence-electron chi connectivity index (χ4n) is 2.64. The molecule has 122 valence electrons. The van der Waals surface area contributed by atoms with E-state index in [1.807, 2.05) is 20.8 Å². The molecule has 4 nitrogen and oxygen atoms in total. The summed E-state index contributed by atoms with van der Waals surface area (Å²) in [7, 11) is 0. The van der Waals surface area contributed by atoms with E-state index in [2.05, 4.69) is 52.9 Å². The van der Waals surface area contributed by atoms with Crippen LogP contribution in [0.4, 0.5) is 10.5 Å². The Hall–Kier alpha value is -1.23. The van der Waals surface area contributed by atoms with E-state index in [1.165, 1.54) is 11.3 Å². The number of halogens is 1. The van der Waals surface area contributed by atoms with Gasteiger partial charge < -0.3 is 14.5 Å². The molecule has 0 unspecified atom stereocenters. The van der Waals surface area contributed by atoms with Crippen molar-refractivity contribution >= 4 is 27.7 Å². The van der Waals surface area contributed by atoms with Crippen molar-refractivity contribution < 1.29 is 9.53 Å². The van der Waals surface area contributed by atoms with E-state index in [-0.39, 0.29) is 12.1 Å². The van der Waals surface area contributed by atoms with Gasteiger partial charge in [0.1, 0.15) is 5.60 Å². The molecule has 0 N–H and O–H groups in total. The molecular weight excluding hydrogens is 344 g/mol. The summed E-state index contributed by atoms with van der Waals surface area (Å²) in [6.07, 6.45) is -0.217.